The van der Waals surface area contributed by atoms with Gasteiger partial charge in [0.25, 0.3) is 5.91 Å². The topological polar surface area (TPSA) is 46.1 Å². The second-order valence-corrected chi connectivity index (χ2v) is 4.46. The maximum atomic E-state index is 12.4. The first-order chi connectivity index (χ1) is 9.13. The zero-order valence-corrected chi connectivity index (χ0v) is 11.6. The largest absolute Gasteiger partial charge is 0.307 e. The Morgan fingerprint density at radius 3 is 2.53 bits per heavy atom. The Bertz CT molecular complexity index is 583. The van der Waals surface area contributed by atoms with E-state index in [1.807, 2.05) is 38.1 Å². The molecule has 1 amide bonds. The van der Waals surface area contributed by atoms with E-state index >= 15 is 0 Å². The fourth-order valence-electron chi connectivity index (χ4n) is 1.86. The monoisotopic (exact) mass is 275 g/mol. The van der Waals surface area contributed by atoms with Gasteiger partial charge in [-0.1, -0.05) is 29.8 Å². The van der Waals surface area contributed by atoms with Crippen molar-refractivity contribution < 1.29 is 4.79 Å². The summed E-state index contributed by atoms with van der Waals surface area (Å²) in [5.74, 6) is -0.180. The van der Waals surface area contributed by atoms with Gasteiger partial charge >= 0.3 is 0 Å². The molecule has 0 radical (unpaired) electrons. The summed E-state index contributed by atoms with van der Waals surface area (Å²) < 4.78 is 0. The highest BCUT2D eigenvalue weighted by molar-refractivity contribution is 6.29. The van der Waals surface area contributed by atoms with Crippen LogP contribution < -0.4 is 4.90 Å². The van der Waals surface area contributed by atoms with Crippen LogP contribution in [0.4, 0.5) is 5.69 Å². The second kappa shape index (κ2) is 5.80. The molecule has 4 nitrogen and oxygen atoms in total. The van der Waals surface area contributed by atoms with Crippen molar-refractivity contribution in [3.63, 3.8) is 0 Å². The summed E-state index contributed by atoms with van der Waals surface area (Å²) in [5.41, 5.74) is 2.21. The van der Waals surface area contributed by atoms with Crippen LogP contribution in [0.15, 0.2) is 36.4 Å². The van der Waals surface area contributed by atoms with Crippen molar-refractivity contribution in [3.8, 4) is 0 Å². The maximum absolute atomic E-state index is 12.4. The van der Waals surface area contributed by atoms with Crippen LogP contribution in [0.1, 0.15) is 23.0 Å². The molecule has 0 atom stereocenters. The van der Waals surface area contributed by atoms with E-state index in [0.29, 0.717) is 6.54 Å². The van der Waals surface area contributed by atoms with Crippen LogP contribution in [-0.4, -0.2) is 22.6 Å². The molecular formula is C14H14ClN3O. The Labute approximate surface area is 117 Å². The molecule has 2 aromatic rings. The molecule has 0 saturated heterocycles. The van der Waals surface area contributed by atoms with E-state index in [4.69, 9.17) is 11.6 Å². The highest BCUT2D eigenvalue weighted by Crippen LogP contribution is 2.20. The summed E-state index contributed by atoms with van der Waals surface area (Å²) in [5, 5.41) is 7.80. The quantitative estimate of drug-likeness (QED) is 0.865. The van der Waals surface area contributed by atoms with Crippen molar-refractivity contribution in [2.45, 2.75) is 13.8 Å². The van der Waals surface area contributed by atoms with Crippen molar-refractivity contribution in [1.29, 1.82) is 0 Å². The predicted molar refractivity (Wildman–Crippen MR) is 75.6 cm³/mol. The number of aromatic nitrogens is 2. The van der Waals surface area contributed by atoms with Gasteiger partial charge in [-0.15, -0.1) is 10.2 Å². The highest BCUT2D eigenvalue weighted by atomic mass is 35.5. The molecule has 19 heavy (non-hydrogen) atoms. The third kappa shape index (κ3) is 2.90. The molecule has 0 bridgehead atoms. The van der Waals surface area contributed by atoms with Gasteiger partial charge in [0.2, 0.25) is 0 Å². The smallest absolute Gasteiger partial charge is 0.278 e. The molecule has 1 aromatic carbocycles. The SMILES string of the molecule is CCN(C(=O)c1ccc(Cl)nn1)c1ccccc1C. The van der Waals surface area contributed by atoms with Gasteiger partial charge in [-0.25, -0.2) is 0 Å². The first kappa shape index (κ1) is 13.5. The van der Waals surface area contributed by atoms with E-state index in [2.05, 4.69) is 10.2 Å². The fourth-order valence-corrected chi connectivity index (χ4v) is 1.96. The van der Waals surface area contributed by atoms with Gasteiger partial charge in [0.05, 0.1) is 0 Å². The fraction of sp³-hybridized carbons (Fsp3) is 0.214. The molecule has 0 fully saturated rings. The van der Waals surface area contributed by atoms with E-state index in [9.17, 15) is 4.79 Å². The summed E-state index contributed by atoms with van der Waals surface area (Å²) in [4.78, 5) is 14.1. The minimum absolute atomic E-state index is 0.180. The number of carbonyl (C=O) groups is 1. The number of amides is 1. The summed E-state index contributed by atoms with van der Waals surface area (Å²) >= 11 is 5.67. The average Bonchev–Trinajstić information content (AvgIpc) is 2.42. The van der Waals surface area contributed by atoms with Crippen molar-refractivity contribution in [2.24, 2.45) is 0 Å². The number of aryl methyl sites for hydroxylation is 1. The molecule has 98 valence electrons. The lowest BCUT2D eigenvalue weighted by Gasteiger charge is -2.22. The van der Waals surface area contributed by atoms with Crippen molar-refractivity contribution in [2.75, 3.05) is 11.4 Å². The first-order valence-corrected chi connectivity index (χ1v) is 6.38. The third-order valence-electron chi connectivity index (χ3n) is 2.82. The molecule has 1 heterocycles. The number of nitrogens with zero attached hydrogens (tertiary/aromatic N) is 3. The molecule has 0 N–H and O–H groups in total. The van der Waals surface area contributed by atoms with Crippen molar-refractivity contribution in [3.05, 3.63) is 52.8 Å². The molecular weight excluding hydrogens is 262 g/mol. The van der Waals surface area contributed by atoms with Gasteiger partial charge < -0.3 is 4.90 Å². The minimum Gasteiger partial charge on any atom is -0.307 e. The number of anilines is 1. The third-order valence-corrected chi connectivity index (χ3v) is 3.02. The molecule has 0 aliphatic rings. The van der Waals surface area contributed by atoms with Gasteiger partial charge in [0, 0.05) is 12.2 Å². The number of hydrogen-bond acceptors (Lipinski definition) is 3. The normalized spacial score (nSPS) is 10.3. The lowest BCUT2D eigenvalue weighted by molar-refractivity contribution is 0.0982. The molecule has 2 rings (SSSR count). The number of hydrogen-bond donors (Lipinski definition) is 0. The molecule has 0 aliphatic carbocycles. The van der Waals surface area contributed by atoms with E-state index in [1.165, 1.54) is 0 Å². The van der Waals surface area contributed by atoms with Gasteiger partial charge in [-0.2, -0.15) is 0 Å². The van der Waals surface area contributed by atoms with Crippen LogP contribution in [0, 0.1) is 6.92 Å². The van der Waals surface area contributed by atoms with Gasteiger partial charge in [-0.3, -0.25) is 4.79 Å². The van der Waals surface area contributed by atoms with Crippen LogP contribution in [0.3, 0.4) is 0 Å². The minimum atomic E-state index is -0.180. The first-order valence-electron chi connectivity index (χ1n) is 6.00. The van der Waals surface area contributed by atoms with Crippen LogP contribution in [-0.2, 0) is 0 Å². The maximum Gasteiger partial charge on any atom is 0.278 e. The van der Waals surface area contributed by atoms with E-state index in [-0.39, 0.29) is 16.8 Å². The van der Waals surface area contributed by atoms with Crippen LogP contribution in [0.5, 0.6) is 0 Å². The lowest BCUT2D eigenvalue weighted by Crippen LogP contribution is -2.32. The second-order valence-electron chi connectivity index (χ2n) is 4.08. The summed E-state index contributed by atoms with van der Waals surface area (Å²) in [6.07, 6.45) is 0. The molecule has 0 aliphatic heterocycles. The van der Waals surface area contributed by atoms with Crippen LogP contribution >= 0.6 is 11.6 Å². The van der Waals surface area contributed by atoms with Gasteiger partial charge in [0.1, 0.15) is 0 Å². The van der Waals surface area contributed by atoms with Crippen LogP contribution in [0.25, 0.3) is 0 Å². The van der Waals surface area contributed by atoms with Gasteiger partial charge in [-0.05, 0) is 37.6 Å². The number of rotatable bonds is 3. The zero-order chi connectivity index (χ0) is 13.8. The highest BCUT2D eigenvalue weighted by Gasteiger charge is 2.18. The molecule has 0 saturated carbocycles. The van der Waals surface area contributed by atoms with Crippen molar-refractivity contribution in [1.82, 2.24) is 10.2 Å². The molecule has 1 aromatic heterocycles. The summed E-state index contributed by atoms with van der Waals surface area (Å²) in [7, 11) is 0. The van der Waals surface area contributed by atoms with E-state index in [1.54, 1.807) is 17.0 Å². The van der Waals surface area contributed by atoms with Gasteiger partial charge in [0.15, 0.2) is 10.8 Å². The predicted octanol–water partition coefficient (Wildman–Crippen LogP) is 3.11. The number of halogens is 1. The number of carbonyl (C=O) groups excluding carboxylic acids is 1. The Kier molecular flexibility index (Phi) is 4.12. The number of benzene rings is 1. The Morgan fingerprint density at radius 2 is 1.95 bits per heavy atom. The Hall–Kier alpha value is -1.94. The standard InChI is InChI=1S/C14H14ClN3O/c1-3-18(12-7-5-4-6-10(12)2)14(19)11-8-9-13(15)17-16-11/h4-9H,3H2,1-2H3. The zero-order valence-electron chi connectivity index (χ0n) is 10.8. The molecule has 0 spiro atoms. The molecule has 0 unspecified atom stereocenters. The number of para-hydroxylation sites is 1. The summed E-state index contributed by atoms with van der Waals surface area (Å²) in [6.45, 7) is 4.46. The average molecular weight is 276 g/mol. The Morgan fingerprint density at radius 1 is 1.21 bits per heavy atom. The molecule has 5 heteroatoms. The Balaban J connectivity index is 2.35. The van der Waals surface area contributed by atoms with E-state index < -0.39 is 0 Å². The van der Waals surface area contributed by atoms with Crippen molar-refractivity contribution >= 4 is 23.2 Å². The summed E-state index contributed by atoms with van der Waals surface area (Å²) in [6, 6.07) is 10.9. The lowest BCUT2D eigenvalue weighted by atomic mass is 10.1. The van der Waals surface area contributed by atoms with E-state index in [0.717, 1.165) is 11.3 Å². The van der Waals surface area contributed by atoms with Crippen LogP contribution in [0.2, 0.25) is 5.15 Å².